The molecule has 0 spiro atoms. The molecule has 9 heteroatoms. The summed E-state index contributed by atoms with van der Waals surface area (Å²) in [4.78, 5) is 41.6. The van der Waals surface area contributed by atoms with Gasteiger partial charge in [0, 0.05) is 57.7 Å². The van der Waals surface area contributed by atoms with E-state index in [1.54, 1.807) is 12.1 Å². The van der Waals surface area contributed by atoms with Crippen molar-refractivity contribution < 1.29 is 24.2 Å². The van der Waals surface area contributed by atoms with Crippen LogP contribution in [0.4, 0.5) is 10.5 Å². The maximum Gasteiger partial charge on any atom is 0.411 e. The van der Waals surface area contributed by atoms with Gasteiger partial charge in [-0.3, -0.25) is 14.9 Å². The molecule has 3 aromatic carbocycles. The van der Waals surface area contributed by atoms with Crippen LogP contribution in [0.25, 0.3) is 11.1 Å². The molecule has 3 N–H and O–H groups in total. The number of phenolic OH excluding ortho intramolecular Hbond substituents is 1. The third kappa shape index (κ3) is 11.2. The number of unbranched alkanes of at least 4 members (excludes halogenated alkanes) is 2. The quantitative estimate of drug-likeness (QED) is 0.176. The monoisotopic (exact) mass is 614 g/mol. The number of aromatic hydroxyl groups is 1. The number of piperidine rings is 1. The molecule has 0 atom stereocenters. The average Bonchev–Trinajstić information content (AvgIpc) is 3.06. The molecule has 0 radical (unpaired) electrons. The Hall–Kier alpha value is -4.37. The maximum absolute atomic E-state index is 12.7. The van der Waals surface area contributed by atoms with Crippen molar-refractivity contribution in [2.45, 2.75) is 64.5 Å². The molecule has 1 aliphatic heterocycles. The smallest absolute Gasteiger partial charge is 0.411 e. The average molecular weight is 615 g/mol. The van der Waals surface area contributed by atoms with Crippen molar-refractivity contribution in [3.8, 4) is 16.9 Å². The number of amides is 3. The Balaban J connectivity index is 1.06. The van der Waals surface area contributed by atoms with E-state index in [0.717, 1.165) is 67.6 Å². The number of benzene rings is 3. The highest BCUT2D eigenvalue weighted by molar-refractivity contribution is 5.91. The summed E-state index contributed by atoms with van der Waals surface area (Å²) in [6.45, 7) is 5.93. The van der Waals surface area contributed by atoms with Crippen LogP contribution in [-0.4, -0.2) is 71.6 Å². The van der Waals surface area contributed by atoms with Crippen LogP contribution in [0.3, 0.4) is 0 Å². The lowest BCUT2D eigenvalue weighted by molar-refractivity contribution is -0.131. The van der Waals surface area contributed by atoms with E-state index in [9.17, 15) is 19.5 Å². The maximum atomic E-state index is 12.7. The second-order valence-corrected chi connectivity index (χ2v) is 11.5. The van der Waals surface area contributed by atoms with Crippen LogP contribution < -0.4 is 10.6 Å². The van der Waals surface area contributed by atoms with Crippen LogP contribution >= 0.6 is 0 Å². The number of rotatable bonds is 15. The SMILES string of the molecule is CCC(=O)N(CCCCCNC(=O)CCN1CCC(OC(=O)Nc2ccccc2-c2ccccc2)CC1)Cc1ccc(O)cc1. The predicted molar refractivity (Wildman–Crippen MR) is 177 cm³/mol. The molecular weight excluding hydrogens is 568 g/mol. The van der Waals surface area contributed by atoms with Crippen LogP contribution in [0.5, 0.6) is 5.75 Å². The van der Waals surface area contributed by atoms with E-state index >= 15 is 0 Å². The molecule has 1 heterocycles. The molecule has 1 saturated heterocycles. The van der Waals surface area contributed by atoms with Crippen molar-refractivity contribution in [1.29, 1.82) is 0 Å². The van der Waals surface area contributed by atoms with Gasteiger partial charge in [-0.15, -0.1) is 0 Å². The van der Waals surface area contributed by atoms with Crippen LogP contribution in [0.2, 0.25) is 0 Å². The molecular formula is C36H46N4O5. The molecule has 1 fully saturated rings. The second kappa shape index (κ2) is 17.8. The zero-order valence-electron chi connectivity index (χ0n) is 26.2. The van der Waals surface area contributed by atoms with Gasteiger partial charge in [-0.25, -0.2) is 4.79 Å². The number of phenols is 1. The highest BCUT2D eigenvalue weighted by Gasteiger charge is 2.23. The minimum atomic E-state index is -0.446. The van der Waals surface area contributed by atoms with Gasteiger partial charge in [-0.1, -0.05) is 67.6 Å². The highest BCUT2D eigenvalue weighted by atomic mass is 16.6. The first kappa shape index (κ1) is 33.5. The molecule has 0 aliphatic carbocycles. The van der Waals surface area contributed by atoms with Gasteiger partial charge < -0.3 is 25.0 Å². The van der Waals surface area contributed by atoms with Crippen molar-refractivity contribution >= 4 is 23.6 Å². The van der Waals surface area contributed by atoms with Crippen LogP contribution in [0, 0.1) is 0 Å². The first-order valence-corrected chi connectivity index (χ1v) is 16.1. The number of ether oxygens (including phenoxy) is 1. The third-order valence-corrected chi connectivity index (χ3v) is 8.10. The summed E-state index contributed by atoms with van der Waals surface area (Å²) in [6, 6.07) is 24.6. The van der Waals surface area contributed by atoms with Crippen molar-refractivity contribution in [3.05, 3.63) is 84.4 Å². The molecule has 1 aliphatic rings. The third-order valence-electron chi connectivity index (χ3n) is 8.10. The fourth-order valence-electron chi connectivity index (χ4n) is 5.52. The predicted octanol–water partition coefficient (Wildman–Crippen LogP) is 6.19. The normalized spacial score (nSPS) is 13.6. The standard InChI is InChI=1S/C36H46N4O5/c1-2-35(43)40(27-28-15-17-30(41)18-16-28)23-10-4-9-22-37-34(42)21-26-39-24-19-31(20-25-39)45-36(44)38-33-14-8-7-13-32(33)29-11-5-3-6-12-29/h3,5-8,11-18,31,41H,2,4,9-10,19-27H2,1H3,(H,37,42)(H,38,44). The molecule has 0 bridgehead atoms. The van der Waals surface area contributed by atoms with E-state index in [0.29, 0.717) is 39.0 Å². The largest absolute Gasteiger partial charge is 0.508 e. The van der Waals surface area contributed by atoms with Crippen molar-refractivity contribution in [1.82, 2.24) is 15.1 Å². The molecule has 4 rings (SSSR count). The van der Waals surface area contributed by atoms with E-state index < -0.39 is 6.09 Å². The van der Waals surface area contributed by atoms with Crippen LogP contribution in [0.1, 0.15) is 57.4 Å². The number of carbonyl (C=O) groups is 3. The summed E-state index contributed by atoms with van der Waals surface area (Å²) < 4.78 is 5.73. The molecule has 45 heavy (non-hydrogen) atoms. The Bertz CT molecular complexity index is 1360. The number of likely N-dealkylation sites (tertiary alicyclic amines) is 1. The fourth-order valence-corrected chi connectivity index (χ4v) is 5.52. The Morgan fingerprint density at radius 3 is 2.36 bits per heavy atom. The molecule has 3 amide bonds. The van der Waals surface area contributed by atoms with Gasteiger partial charge in [0.1, 0.15) is 11.9 Å². The summed E-state index contributed by atoms with van der Waals surface area (Å²) in [5, 5.41) is 15.4. The Morgan fingerprint density at radius 1 is 0.911 bits per heavy atom. The Morgan fingerprint density at radius 2 is 1.62 bits per heavy atom. The molecule has 0 unspecified atom stereocenters. The number of para-hydroxylation sites is 1. The first-order chi connectivity index (χ1) is 21.9. The summed E-state index contributed by atoms with van der Waals surface area (Å²) >= 11 is 0. The molecule has 240 valence electrons. The van der Waals surface area contributed by atoms with Gasteiger partial charge >= 0.3 is 6.09 Å². The van der Waals surface area contributed by atoms with Crippen molar-refractivity contribution in [2.24, 2.45) is 0 Å². The van der Waals surface area contributed by atoms with E-state index in [2.05, 4.69) is 15.5 Å². The zero-order chi connectivity index (χ0) is 31.9. The zero-order valence-corrected chi connectivity index (χ0v) is 26.2. The highest BCUT2D eigenvalue weighted by Crippen LogP contribution is 2.28. The van der Waals surface area contributed by atoms with Gasteiger partial charge in [-0.2, -0.15) is 0 Å². The summed E-state index contributed by atoms with van der Waals surface area (Å²) in [5.41, 5.74) is 3.68. The van der Waals surface area contributed by atoms with Gasteiger partial charge in [0.2, 0.25) is 11.8 Å². The number of carbonyl (C=O) groups excluding carboxylic acids is 3. The van der Waals surface area contributed by atoms with Gasteiger partial charge in [0.05, 0.1) is 5.69 Å². The minimum absolute atomic E-state index is 0.0416. The van der Waals surface area contributed by atoms with Crippen molar-refractivity contribution in [2.75, 3.05) is 38.0 Å². The summed E-state index contributed by atoms with van der Waals surface area (Å²) in [6.07, 6.45) is 4.42. The number of hydrogen-bond donors (Lipinski definition) is 3. The number of nitrogens with one attached hydrogen (secondary N) is 2. The first-order valence-electron chi connectivity index (χ1n) is 16.1. The topological polar surface area (TPSA) is 111 Å². The van der Waals surface area contributed by atoms with Gasteiger partial charge in [0.25, 0.3) is 0 Å². The Labute approximate surface area is 266 Å². The van der Waals surface area contributed by atoms with Crippen LogP contribution in [0.15, 0.2) is 78.9 Å². The Kier molecular flexibility index (Phi) is 13.3. The lowest BCUT2D eigenvalue weighted by Crippen LogP contribution is -2.40. The molecule has 0 aromatic heterocycles. The fraction of sp³-hybridized carbons (Fsp3) is 0.417. The molecule has 0 saturated carbocycles. The lowest BCUT2D eigenvalue weighted by atomic mass is 10.0. The summed E-state index contributed by atoms with van der Waals surface area (Å²) in [7, 11) is 0. The number of anilines is 1. The summed E-state index contributed by atoms with van der Waals surface area (Å²) in [5.74, 6) is 0.367. The molecule has 9 nitrogen and oxygen atoms in total. The van der Waals surface area contributed by atoms with E-state index in [1.165, 1.54) is 0 Å². The van der Waals surface area contributed by atoms with Gasteiger partial charge in [0.15, 0.2) is 0 Å². The molecule has 3 aromatic rings. The van der Waals surface area contributed by atoms with E-state index in [1.807, 2.05) is 78.6 Å². The van der Waals surface area contributed by atoms with Gasteiger partial charge in [-0.05, 0) is 61.4 Å². The number of hydrogen-bond acceptors (Lipinski definition) is 6. The number of nitrogens with zero attached hydrogens (tertiary/aromatic N) is 2. The van der Waals surface area contributed by atoms with E-state index in [-0.39, 0.29) is 23.7 Å². The lowest BCUT2D eigenvalue weighted by Gasteiger charge is -2.31. The van der Waals surface area contributed by atoms with Crippen molar-refractivity contribution in [3.63, 3.8) is 0 Å². The van der Waals surface area contributed by atoms with Crippen LogP contribution in [-0.2, 0) is 20.9 Å². The van der Waals surface area contributed by atoms with E-state index in [4.69, 9.17) is 4.74 Å². The minimum Gasteiger partial charge on any atom is -0.508 e. The second-order valence-electron chi connectivity index (χ2n) is 11.5.